The number of carbonyl (C=O) groups is 2. The SMILES string of the molecule is CCc1cccc(NC(=O)C2CCCN2C(=O)c2cc(Cl)ccc2OC)c1. The number of amides is 2. The zero-order valence-corrected chi connectivity index (χ0v) is 16.3. The molecule has 1 fully saturated rings. The summed E-state index contributed by atoms with van der Waals surface area (Å²) in [6.07, 6.45) is 2.31. The molecule has 1 heterocycles. The monoisotopic (exact) mass is 386 g/mol. The molecule has 1 unspecified atom stereocenters. The van der Waals surface area contributed by atoms with Crippen molar-refractivity contribution in [2.75, 3.05) is 19.0 Å². The molecule has 5 nitrogen and oxygen atoms in total. The Balaban J connectivity index is 1.79. The highest BCUT2D eigenvalue weighted by Gasteiger charge is 2.35. The number of ether oxygens (including phenoxy) is 1. The van der Waals surface area contributed by atoms with Crippen LogP contribution in [0.2, 0.25) is 5.02 Å². The molecule has 0 aliphatic carbocycles. The largest absolute Gasteiger partial charge is 0.496 e. The average molecular weight is 387 g/mol. The van der Waals surface area contributed by atoms with Gasteiger partial charge in [-0.05, 0) is 55.2 Å². The minimum atomic E-state index is -0.508. The van der Waals surface area contributed by atoms with E-state index in [1.165, 1.54) is 7.11 Å². The van der Waals surface area contributed by atoms with Crippen LogP contribution in [0.1, 0.15) is 35.7 Å². The van der Waals surface area contributed by atoms with E-state index in [9.17, 15) is 9.59 Å². The summed E-state index contributed by atoms with van der Waals surface area (Å²) in [5, 5.41) is 3.40. The number of hydrogen-bond acceptors (Lipinski definition) is 3. The van der Waals surface area contributed by atoms with Crippen molar-refractivity contribution in [1.82, 2.24) is 4.90 Å². The third-order valence-corrected chi connectivity index (χ3v) is 5.05. The maximum absolute atomic E-state index is 13.1. The third kappa shape index (κ3) is 4.25. The number of rotatable bonds is 5. The first-order chi connectivity index (χ1) is 13.0. The van der Waals surface area contributed by atoms with Crippen molar-refractivity contribution in [2.24, 2.45) is 0 Å². The fourth-order valence-corrected chi connectivity index (χ4v) is 3.55. The van der Waals surface area contributed by atoms with Gasteiger partial charge >= 0.3 is 0 Å². The Morgan fingerprint density at radius 3 is 2.81 bits per heavy atom. The van der Waals surface area contributed by atoms with Gasteiger partial charge in [0.2, 0.25) is 5.91 Å². The summed E-state index contributed by atoms with van der Waals surface area (Å²) >= 11 is 6.05. The van der Waals surface area contributed by atoms with E-state index < -0.39 is 6.04 Å². The number of halogens is 1. The van der Waals surface area contributed by atoms with Crippen LogP contribution in [-0.2, 0) is 11.2 Å². The van der Waals surface area contributed by atoms with Crippen LogP contribution in [0.5, 0.6) is 5.75 Å². The molecule has 0 radical (unpaired) electrons. The van der Waals surface area contributed by atoms with Crippen LogP contribution < -0.4 is 10.1 Å². The van der Waals surface area contributed by atoms with E-state index in [1.54, 1.807) is 23.1 Å². The van der Waals surface area contributed by atoms with Gasteiger partial charge in [0.25, 0.3) is 5.91 Å². The number of nitrogens with one attached hydrogen (secondary N) is 1. The molecule has 142 valence electrons. The molecule has 1 atom stereocenters. The maximum atomic E-state index is 13.1. The molecule has 1 saturated heterocycles. The number of anilines is 1. The zero-order valence-electron chi connectivity index (χ0n) is 15.5. The minimum absolute atomic E-state index is 0.171. The van der Waals surface area contributed by atoms with Gasteiger partial charge < -0.3 is 15.0 Å². The van der Waals surface area contributed by atoms with Crippen LogP contribution in [0, 0.1) is 0 Å². The molecule has 0 bridgehead atoms. The van der Waals surface area contributed by atoms with Crippen molar-refractivity contribution in [3.8, 4) is 5.75 Å². The summed E-state index contributed by atoms with van der Waals surface area (Å²) < 4.78 is 5.29. The maximum Gasteiger partial charge on any atom is 0.258 e. The van der Waals surface area contributed by atoms with Crippen LogP contribution in [0.15, 0.2) is 42.5 Å². The summed E-state index contributed by atoms with van der Waals surface area (Å²) in [5.74, 6) is 0.0375. The van der Waals surface area contributed by atoms with Crippen LogP contribution >= 0.6 is 11.6 Å². The fraction of sp³-hybridized carbons (Fsp3) is 0.333. The lowest BCUT2D eigenvalue weighted by molar-refractivity contribution is -0.119. The van der Waals surface area contributed by atoms with Crippen LogP contribution in [-0.4, -0.2) is 36.4 Å². The van der Waals surface area contributed by atoms with Gasteiger partial charge in [0.05, 0.1) is 12.7 Å². The van der Waals surface area contributed by atoms with Gasteiger partial charge in [-0.25, -0.2) is 0 Å². The molecule has 1 aliphatic rings. The molecular formula is C21H23ClN2O3. The Morgan fingerprint density at radius 2 is 2.07 bits per heavy atom. The first-order valence-electron chi connectivity index (χ1n) is 9.07. The van der Waals surface area contributed by atoms with Gasteiger partial charge in [-0.3, -0.25) is 9.59 Å². The van der Waals surface area contributed by atoms with E-state index in [-0.39, 0.29) is 11.8 Å². The molecule has 6 heteroatoms. The topological polar surface area (TPSA) is 58.6 Å². The molecule has 3 rings (SSSR count). The number of carbonyl (C=O) groups excluding carboxylic acids is 2. The van der Waals surface area contributed by atoms with Gasteiger partial charge in [-0.15, -0.1) is 0 Å². The Hall–Kier alpha value is -2.53. The summed E-state index contributed by atoms with van der Waals surface area (Å²) in [6, 6.07) is 12.2. The lowest BCUT2D eigenvalue weighted by Crippen LogP contribution is -2.43. The van der Waals surface area contributed by atoms with Crippen molar-refractivity contribution >= 4 is 29.1 Å². The molecule has 0 aromatic heterocycles. The number of benzene rings is 2. The standard InChI is InChI=1S/C21H23ClN2O3/c1-3-14-6-4-7-16(12-14)23-20(25)18-8-5-11-24(18)21(26)17-13-15(22)9-10-19(17)27-2/h4,6-7,9-10,12-13,18H,3,5,8,11H2,1-2H3,(H,23,25). The summed E-state index contributed by atoms with van der Waals surface area (Å²) in [6.45, 7) is 2.60. The first kappa shape index (κ1) is 19.2. The predicted octanol–water partition coefficient (Wildman–Crippen LogP) is 4.15. The molecule has 1 aliphatic heterocycles. The number of hydrogen-bond donors (Lipinski definition) is 1. The van der Waals surface area contributed by atoms with E-state index in [2.05, 4.69) is 12.2 Å². The van der Waals surface area contributed by atoms with E-state index in [4.69, 9.17) is 16.3 Å². The Labute approximate surface area is 164 Å². The van der Waals surface area contributed by atoms with Crippen molar-refractivity contribution in [3.63, 3.8) is 0 Å². The highest BCUT2D eigenvalue weighted by atomic mass is 35.5. The number of nitrogens with zero attached hydrogens (tertiary/aromatic N) is 1. The Bertz CT molecular complexity index is 853. The molecule has 2 aromatic rings. The fourth-order valence-electron chi connectivity index (χ4n) is 3.38. The van der Waals surface area contributed by atoms with E-state index in [0.29, 0.717) is 29.3 Å². The second-order valence-electron chi connectivity index (χ2n) is 6.54. The third-order valence-electron chi connectivity index (χ3n) is 4.81. The molecule has 27 heavy (non-hydrogen) atoms. The molecule has 2 amide bonds. The Kier molecular flexibility index (Phi) is 6.01. The molecule has 0 spiro atoms. The minimum Gasteiger partial charge on any atom is -0.496 e. The van der Waals surface area contributed by atoms with Crippen molar-refractivity contribution in [1.29, 1.82) is 0 Å². The van der Waals surface area contributed by atoms with Crippen LogP contribution in [0.3, 0.4) is 0 Å². The van der Waals surface area contributed by atoms with Crippen molar-refractivity contribution < 1.29 is 14.3 Å². The summed E-state index contributed by atoms with van der Waals surface area (Å²) in [5.41, 5.74) is 2.27. The lowest BCUT2D eigenvalue weighted by atomic mass is 10.1. The molecule has 1 N–H and O–H groups in total. The lowest BCUT2D eigenvalue weighted by Gasteiger charge is -2.25. The first-order valence-corrected chi connectivity index (χ1v) is 9.45. The smallest absolute Gasteiger partial charge is 0.258 e. The number of aryl methyl sites for hydroxylation is 1. The highest BCUT2D eigenvalue weighted by molar-refractivity contribution is 6.31. The normalized spacial score (nSPS) is 16.3. The summed E-state index contributed by atoms with van der Waals surface area (Å²) in [7, 11) is 1.51. The summed E-state index contributed by atoms with van der Waals surface area (Å²) in [4.78, 5) is 27.5. The van der Waals surface area contributed by atoms with Crippen molar-refractivity contribution in [2.45, 2.75) is 32.2 Å². The van der Waals surface area contributed by atoms with E-state index >= 15 is 0 Å². The average Bonchev–Trinajstić information content (AvgIpc) is 3.17. The molecule has 2 aromatic carbocycles. The predicted molar refractivity (Wildman–Crippen MR) is 107 cm³/mol. The molecule has 0 saturated carbocycles. The molecular weight excluding hydrogens is 364 g/mol. The van der Waals surface area contributed by atoms with Gasteiger partial charge in [0, 0.05) is 17.3 Å². The van der Waals surface area contributed by atoms with Gasteiger partial charge in [0.15, 0.2) is 0 Å². The van der Waals surface area contributed by atoms with Crippen LogP contribution in [0.25, 0.3) is 0 Å². The Morgan fingerprint density at radius 1 is 1.26 bits per heavy atom. The second kappa shape index (κ2) is 8.44. The second-order valence-corrected chi connectivity index (χ2v) is 6.98. The zero-order chi connectivity index (χ0) is 19.4. The van der Waals surface area contributed by atoms with Gasteiger partial charge in [0.1, 0.15) is 11.8 Å². The quantitative estimate of drug-likeness (QED) is 0.839. The van der Waals surface area contributed by atoms with Gasteiger partial charge in [-0.1, -0.05) is 30.7 Å². The number of methoxy groups -OCH3 is 1. The van der Waals surface area contributed by atoms with Crippen molar-refractivity contribution in [3.05, 3.63) is 58.6 Å². The van der Waals surface area contributed by atoms with E-state index in [1.807, 2.05) is 24.3 Å². The van der Waals surface area contributed by atoms with Gasteiger partial charge in [-0.2, -0.15) is 0 Å². The van der Waals surface area contributed by atoms with E-state index in [0.717, 1.165) is 24.1 Å². The highest BCUT2D eigenvalue weighted by Crippen LogP contribution is 2.28. The number of likely N-dealkylation sites (tertiary alicyclic amines) is 1. The van der Waals surface area contributed by atoms with Crippen LogP contribution in [0.4, 0.5) is 5.69 Å².